The topological polar surface area (TPSA) is 130 Å². The Balaban J connectivity index is 1.91. The third-order valence-corrected chi connectivity index (χ3v) is 10.4. The Morgan fingerprint density at radius 3 is 2.32 bits per heavy atom. The van der Waals surface area contributed by atoms with E-state index in [0.29, 0.717) is 12.1 Å². The van der Waals surface area contributed by atoms with Gasteiger partial charge in [-0.05, 0) is 23.6 Å². The molecule has 0 saturated carbocycles. The van der Waals surface area contributed by atoms with Gasteiger partial charge in [0.25, 0.3) is 20.2 Å². The summed E-state index contributed by atoms with van der Waals surface area (Å²) in [5.74, 6) is -1.37. The average Bonchev–Trinajstić information content (AvgIpc) is 3.22. The van der Waals surface area contributed by atoms with E-state index in [4.69, 9.17) is 4.74 Å². The van der Waals surface area contributed by atoms with Gasteiger partial charge in [-0.1, -0.05) is 78.9 Å². The van der Waals surface area contributed by atoms with E-state index in [1.54, 1.807) is 49.4 Å². The number of benzene rings is 2. The zero-order valence-corrected chi connectivity index (χ0v) is 20.2. The summed E-state index contributed by atoms with van der Waals surface area (Å²) in [4.78, 5) is 0. The zero-order chi connectivity index (χ0) is 24.6. The molecule has 0 aromatic heterocycles. The number of fused-ring (bicyclic) bond motifs is 1. The van der Waals surface area contributed by atoms with Gasteiger partial charge in [-0.2, -0.15) is 16.8 Å². The molecule has 1 heterocycles. The first kappa shape index (κ1) is 24.8. The molecule has 34 heavy (non-hydrogen) atoms. The van der Waals surface area contributed by atoms with Crippen molar-refractivity contribution in [3.63, 3.8) is 0 Å². The van der Waals surface area contributed by atoms with Crippen LogP contribution in [0.25, 0.3) is 6.08 Å². The van der Waals surface area contributed by atoms with Crippen molar-refractivity contribution in [3.05, 3.63) is 89.5 Å². The van der Waals surface area contributed by atoms with Crippen LogP contribution in [0.15, 0.2) is 72.8 Å². The number of nitrogens with one attached hydrogen (secondary N) is 1. The van der Waals surface area contributed by atoms with Gasteiger partial charge in [-0.3, -0.25) is 9.11 Å². The quantitative estimate of drug-likeness (QED) is 0.386. The molecule has 2 aliphatic rings. The largest absolute Gasteiger partial charge is 0.369 e. The molecule has 1 aliphatic heterocycles. The van der Waals surface area contributed by atoms with Gasteiger partial charge in [0.05, 0.1) is 6.04 Å². The number of hydrogen-bond donors (Lipinski definition) is 3. The van der Waals surface area contributed by atoms with Crippen molar-refractivity contribution in [2.75, 3.05) is 6.61 Å². The van der Waals surface area contributed by atoms with Crippen LogP contribution in [0.1, 0.15) is 36.1 Å². The predicted molar refractivity (Wildman–Crippen MR) is 129 cm³/mol. The third-order valence-electron chi connectivity index (χ3n) is 6.55. The van der Waals surface area contributed by atoms with Crippen LogP contribution in [0, 0.1) is 5.92 Å². The highest BCUT2D eigenvalue weighted by molar-refractivity contribution is 8.05. The number of rotatable bonds is 7. The Bertz CT molecular complexity index is 1290. The lowest BCUT2D eigenvalue weighted by Gasteiger charge is -2.46. The van der Waals surface area contributed by atoms with Crippen LogP contribution in [-0.2, 0) is 31.5 Å². The minimum Gasteiger partial charge on any atom is -0.369 e. The number of ether oxygens (including phenoxy) is 1. The van der Waals surface area contributed by atoms with E-state index < -0.39 is 48.3 Å². The first-order valence-corrected chi connectivity index (χ1v) is 13.7. The molecule has 10 heteroatoms. The van der Waals surface area contributed by atoms with E-state index in [1.165, 1.54) is 12.2 Å². The molecule has 0 fully saturated rings. The SMILES string of the molecule is CCOC1(C2NCc3ccccc32)C=CC(C=Cc2ccccc2)C(S(=O)(=O)O)(S(=O)(=O)O)C1. The van der Waals surface area contributed by atoms with Gasteiger partial charge in [-0.25, -0.2) is 0 Å². The van der Waals surface area contributed by atoms with Crippen molar-refractivity contribution in [1.82, 2.24) is 5.32 Å². The maximum Gasteiger partial charge on any atom is 0.288 e. The van der Waals surface area contributed by atoms with Gasteiger partial charge < -0.3 is 10.1 Å². The van der Waals surface area contributed by atoms with E-state index in [1.807, 2.05) is 24.3 Å². The molecule has 2 aromatic carbocycles. The fourth-order valence-corrected chi connectivity index (χ4v) is 7.89. The van der Waals surface area contributed by atoms with Crippen LogP contribution < -0.4 is 5.32 Å². The molecule has 3 N–H and O–H groups in total. The molecule has 3 atom stereocenters. The van der Waals surface area contributed by atoms with Crippen molar-refractivity contribution in [1.29, 1.82) is 0 Å². The Kier molecular flexibility index (Phi) is 6.58. The molecule has 0 spiro atoms. The van der Waals surface area contributed by atoms with Gasteiger partial charge in [0.2, 0.25) is 4.08 Å². The third kappa shape index (κ3) is 4.15. The van der Waals surface area contributed by atoms with Gasteiger partial charge >= 0.3 is 0 Å². The molecular weight excluding hydrogens is 478 g/mol. The van der Waals surface area contributed by atoms with Crippen molar-refractivity contribution in [2.45, 2.75) is 35.6 Å². The van der Waals surface area contributed by atoms with Crippen molar-refractivity contribution >= 4 is 26.3 Å². The maximum atomic E-state index is 12.8. The second-order valence-corrected chi connectivity index (χ2v) is 12.1. The minimum atomic E-state index is -5.34. The Morgan fingerprint density at radius 2 is 1.68 bits per heavy atom. The molecule has 0 radical (unpaired) electrons. The van der Waals surface area contributed by atoms with Gasteiger partial charge in [0.1, 0.15) is 5.60 Å². The fourth-order valence-electron chi connectivity index (χ4n) is 5.01. The van der Waals surface area contributed by atoms with Crippen LogP contribution >= 0.6 is 0 Å². The van der Waals surface area contributed by atoms with Gasteiger partial charge in [0, 0.05) is 25.5 Å². The van der Waals surface area contributed by atoms with E-state index in [2.05, 4.69) is 5.32 Å². The number of hydrogen-bond acceptors (Lipinski definition) is 6. The van der Waals surface area contributed by atoms with Gasteiger partial charge in [-0.15, -0.1) is 0 Å². The minimum absolute atomic E-state index is 0.141. The van der Waals surface area contributed by atoms with Crippen LogP contribution in [0.3, 0.4) is 0 Å². The summed E-state index contributed by atoms with van der Waals surface area (Å²) >= 11 is 0. The molecule has 0 bridgehead atoms. The standard InChI is InChI=1S/C24H27NO7S2/c1-2-32-23(22-21-11-7-6-10-19(21)16-25-22)15-14-20(13-12-18-8-4-3-5-9-18)24(17-23,33(26,27)28)34(29,30)31/h3-15,20,22,25H,2,16-17H2,1H3,(H,26,27,28)(H,29,30,31). The highest BCUT2D eigenvalue weighted by atomic mass is 32.3. The van der Waals surface area contributed by atoms with E-state index >= 15 is 0 Å². The summed E-state index contributed by atoms with van der Waals surface area (Å²) in [6.07, 6.45) is 5.22. The van der Waals surface area contributed by atoms with Gasteiger partial charge in [0.15, 0.2) is 0 Å². The molecule has 182 valence electrons. The number of allylic oxidation sites excluding steroid dienone is 2. The van der Waals surface area contributed by atoms with Crippen LogP contribution in [0.5, 0.6) is 0 Å². The second-order valence-electron chi connectivity index (χ2n) is 8.49. The lowest BCUT2D eigenvalue weighted by molar-refractivity contribution is -0.0429. The molecule has 1 aliphatic carbocycles. The molecule has 0 saturated heterocycles. The van der Waals surface area contributed by atoms with E-state index in [-0.39, 0.29) is 6.61 Å². The summed E-state index contributed by atoms with van der Waals surface area (Å²) in [5, 5.41) is 3.28. The lowest BCUT2D eigenvalue weighted by atomic mass is 9.77. The Hall–Kier alpha value is -2.34. The van der Waals surface area contributed by atoms with Crippen molar-refractivity contribution in [3.8, 4) is 0 Å². The molecule has 4 rings (SSSR count). The lowest BCUT2D eigenvalue weighted by Crippen LogP contribution is -2.60. The van der Waals surface area contributed by atoms with Crippen LogP contribution in [-0.4, -0.2) is 42.2 Å². The molecule has 0 amide bonds. The average molecular weight is 506 g/mol. The zero-order valence-electron chi connectivity index (χ0n) is 18.5. The van der Waals surface area contributed by atoms with Crippen molar-refractivity contribution in [2.24, 2.45) is 5.92 Å². The van der Waals surface area contributed by atoms with Crippen molar-refractivity contribution < 1.29 is 30.7 Å². The highest BCUT2D eigenvalue weighted by Gasteiger charge is 2.65. The maximum absolute atomic E-state index is 12.8. The Morgan fingerprint density at radius 1 is 1.03 bits per heavy atom. The predicted octanol–water partition coefficient (Wildman–Crippen LogP) is 3.37. The summed E-state index contributed by atoms with van der Waals surface area (Å²) in [7, 11) is -10.7. The van der Waals surface area contributed by atoms with E-state index in [0.717, 1.165) is 11.1 Å². The smallest absolute Gasteiger partial charge is 0.288 e. The van der Waals surface area contributed by atoms with Crippen LogP contribution in [0.4, 0.5) is 0 Å². The Labute approximate surface area is 199 Å². The fraction of sp³-hybridized carbons (Fsp3) is 0.333. The summed E-state index contributed by atoms with van der Waals surface area (Å²) in [6, 6.07) is 15.8. The molecular formula is C24H27NO7S2. The highest BCUT2D eigenvalue weighted by Crippen LogP contribution is 2.51. The monoisotopic (exact) mass is 505 g/mol. The molecule has 2 aromatic rings. The summed E-state index contributed by atoms with van der Waals surface area (Å²) in [6.45, 7) is 2.33. The molecule has 8 nitrogen and oxygen atoms in total. The summed E-state index contributed by atoms with van der Waals surface area (Å²) in [5.41, 5.74) is 1.03. The summed E-state index contributed by atoms with van der Waals surface area (Å²) < 4.78 is 74.9. The normalized spacial score (nSPS) is 26.6. The molecule has 3 unspecified atom stereocenters. The first-order chi connectivity index (χ1) is 16.0. The van der Waals surface area contributed by atoms with Crippen LogP contribution in [0.2, 0.25) is 0 Å². The first-order valence-electron chi connectivity index (χ1n) is 10.9. The van der Waals surface area contributed by atoms with E-state index in [9.17, 15) is 25.9 Å². The second kappa shape index (κ2) is 9.03.